The minimum Gasteiger partial charge on any atom is -0.350 e. The Hall–Kier alpha value is -3.38. The molecule has 1 amide bonds. The van der Waals surface area contributed by atoms with Gasteiger partial charge in [0.2, 0.25) is 5.91 Å². The van der Waals surface area contributed by atoms with Crippen molar-refractivity contribution in [3.05, 3.63) is 95.6 Å². The van der Waals surface area contributed by atoms with E-state index >= 15 is 0 Å². The molecular weight excluding hydrogens is 440 g/mol. The van der Waals surface area contributed by atoms with E-state index in [9.17, 15) is 4.79 Å². The molecule has 0 saturated carbocycles. The summed E-state index contributed by atoms with van der Waals surface area (Å²) in [5.74, 6) is 1.67. The first-order chi connectivity index (χ1) is 16.5. The Morgan fingerprint density at radius 2 is 1.56 bits per heavy atom. The maximum absolute atomic E-state index is 12.4. The molecule has 1 aromatic heterocycles. The van der Waals surface area contributed by atoms with Gasteiger partial charge in [0.05, 0.1) is 6.04 Å². The van der Waals surface area contributed by atoms with Gasteiger partial charge >= 0.3 is 0 Å². The molecule has 3 aromatic carbocycles. The molecule has 0 spiro atoms. The van der Waals surface area contributed by atoms with E-state index in [0.29, 0.717) is 6.42 Å². The lowest BCUT2D eigenvalue weighted by Crippen LogP contribution is -2.26. The van der Waals surface area contributed by atoms with Gasteiger partial charge in [-0.25, -0.2) is 0 Å². The molecule has 1 heterocycles. The number of carbonyl (C=O) groups excluding carboxylic acids is 1. The monoisotopic (exact) mass is 470 g/mol. The summed E-state index contributed by atoms with van der Waals surface area (Å²) >= 11 is 1.63. The van der Waals surface area contributed by atoms with Crippen molar-refractivity contribution in [2.75, 3.05) is 5.75 Å². The third kappa shape index (κ3) is 5.94. The molecule has 0 fully saturated rings. The zero-order valence-corrected chi connectivity index (χ0v) is 20.7. The molecule has 1 unspecified atom stereocenters. The quantitative estimate of drug-likeness (QED) is 0.230. The first kappa shape index (κ1) is 23.8. The van der Waals surface area contributed by atoms with Crippen LogP contribution in [0.25, 0.3) is 17.1 Å². The molecular formula is C28H30N4OS. The van der Waals surface area contributed by atoms with Gasteiger partial charge in [-0.2, -0.15) is 0 Å². The van der Waals surface area contributed by atoms with Gasteiger partial charge in [-0.1, -0.05) is 89.6 Å². The normalized spacial score (nSPS) is 11.9. The lowest BCUT2D eigenvalue weighted by atomic mass is 10.1. The number of hydrogen-bond donors (Lipinski definition) is 1. The number of benzene rings is 3. The fraction of sp³-hybridized carbons (Fsp3) is 0.250. The highest BCUT2D eigenvalue weighted by molar-refractivity contribution is 7.99. The SMILES string of the molecule is Cc1ccc(-c2nnc(SCCCC(=O)NC(C)c3ccccc3)n2-c2ccc(C)cc2)cc1. The van der Waals surface area contributed by atoms with Crippen LogP contribution in [-0.4, -0.2) is 26.4 Å². The molecule has 0 radical (unpaired) electrons. The van der Waals surface area contributed by atoms with E-state index < -0.39 is 0 Å². The van der Waals surface area contributed by atoms with Crippen LogP contribution in [-0.2, 0) is 4.79 Å². The number of aryl methyl sites for hydroxylation is 2. The van der Waals surface area contributed by atoms with Crippen molar-refractivity contribution in [3.8, 4) is 17.1 Å². The summed E-state index contributed by atoms with van der Waals surface area (Å²) in [4.78, 5) is 12.4. The highest BCUT2D eigenvalue weighted by atomic mass is 32.2. The fourth-order valence-electron chi connectivity index (χ4n) is 3.71. The predicted molar refractivity (Wildman–Crippen MR) is 139 cm³/mol. The highest BCUT2D eigenvalue weighted by Gasteiger charge is 2.16. The molecule has 5 nitrogen and oxygen atoms in total. The first-order valence-electron chi connectivity index (χ1n) is 11.6. The summed E-state index contributed by atoms with van der Waals surface area (Å²) in [6.07, 6.45) is 1.24. The molecule has 0 aliphatic rings. The van der Waals surface area contributed by atoms with E-state index in [-0.39, 0.29) is 11.9 Å². The summed E-state index contributed by atoms with van der Waals surface area (Å²) in [6, 6.07) is 26.8. The number of nitrogens with one attached hydrogen (secondary N) is 1. The Morgan fingerprint density at radius 1 is 0.912 bits per heavy atom. The Bertz CT molecular complexity index is 1220. The van der Waals surface area contributed by atoms with Gasteiger partial charge in [0.15, 0.2) is 11.0 Å². The number of aromatic nitrogens is 3. The van der Waals surface area contributed by atoms with Crippen LogP contribution in [0.2, 0.25) is 0 Å². The van der Waals surface area contributed by atoms with Crippen molar-refractivity contribution in [2.24, 2.45) is 0 Å². The van der Waals surface area contributed by atoms with Crippen LogP contribution in [0.4, 0.5) is 0 Å². The summed E-state index contributed by atoms with van der Waals surface area (Å²) in [5, 5.41) is 12.9. The molecule has 1 N–H and O–H groups in total. The second-order valence-electron chi connectivity index (χ2n) is 8.50. The number of nitrogens with zero attached hydrogens (tertiary/aromatic N) is 3. The lowest BCUT2D eigenvalue weighted by Gasteiger charge is -2.14. The third-order valence-electron chi connectivity index (χ3n) is 5.69. The average molecular weight is 471 g/mol. The summed E-state index contributed by atoms with van der Waals surface area (Å²) in [5.41, 5.74) is 5.58. The van der Waals surface area contributed by atoms with Gasteiger partial charge in [0, 0.05) is 23.4 Å². The number of thioether (sulfide) groups is 1. The Morgan fingerprint density at radius 3 is 2.24 bits per heavy atom. The van der Waals surface area contributed by atoms with Crippen LogP contribution in [0.5, 0.6) is 0 Å². The minimum atomic E-state index is 0.00283. The molecule has 0 aliphatic carbocycles. The second kappa shape index (κ2) is 11.2. The highest BCUT2D eigenvalue weighted by Crippen LogP contribution is 2.29. The standard InChI is InChI=1S/C28H30N4OS/c1-20-11-15-24(16-12-20)27-30-31-28(32(27)25-17-13-21(2)14-18-25)34-19-7-10-26(33)29-22(3)23-8-5-4-6-9-23/h4-6,8-9,11-18,22H,7,10,19H2,1-3H3,(H,29,33). The van der Waals surface area contributed by atoms with Crippen molar-refractivity contribution < 1.29 is 4.79 Å². The fourth-order valence-corrected chi connectivity index (χ4v) is 4.61. The first-order valence-corrected chi connectivity index (χ1v) is 12.6. The molecule has 1 atom stereocenters. The van der Waals surface area contributed by atoms with Crippen LogP contribution in [0.1, 0.15) is 42.5 Å². The predicted octanol–water partition coefficient (Wildman–Crippen LogP) is 6.30. The van der Waals surface area contributed by atoms with E-state index in [1.54, 1.807) is 11.8 Å². The zero-order chi connectivity index (χ0) is 23.9. The van der Waals surface area contributed by atoms with Crippen molar-refractivity contribution in [1.29, 1.82) is 0 Å². The van der Waals surface area contributed by atoms with Crippen molar-refractivity contribution in [1.82, 2.24) is 20.1 Å². The number of hydrogen-bond acceptors (Lipinski definition) is 4. The molecule has 0 saturated heterocycles. The van der Waals surface area contributed by atoms with Crippen LogP contribution in [0.3, 0.4) is 0 Å². The largest absolute Gasteiger partial charge is 0.350 e. The topological polar surface area (TPSA) is 59.8 Å². The van der Waals surface area contributed by atoms with Crippen LogP contribution >= 0.6 is 11.8 Å². The van der Waals surface area contributed by atoms with Crippen molar-refractivity contribution in [2.45, 2.75) is 44.8 Å². The van der Waals surface area contributed by atoms with Crippen molar-refractivity contribution in [3.63, 3.8) is 0 Å². The lowest BCUT2D eigenvalue weighted by molar-refractivity contribution is -0.121. The average Bonchev–Trinajstić information content (AvgIpc) is 3.27. The third-order valence-corrected chi connectivity index (χ3v) is 6.71. The van der Waals surface area contributed by atoms with Gasteiger partial charge in [-0.15, -0.1) is 10.2 Å². The molecule has 34 heavy (non-hydrogen) atoms. The second-order valence-corrected chi connectivity index (χ2v) is 9.56. The van der Waals surface area contributed by atoms with Gasteiger partial charge in [-0.05, 0) is 44.9 Å². The Labute approximate surface area is 205 Å². The smallest absolute Gasteiger partial charge is 0.220 e. The van der Waals surface area contributed by atoms with E-state index in [2.05, 4.69) is 82.5 Å². The number of amides is 1. The summed E-state index contributed by atoms with van der Waals surface area (Å²) in [7, 11) is 0. The molecule has 4 aromatic rings. The molecule has 4 rings (SSSR count). The summed E-state index contributed by atoms with van der Waals surface area (Å²) < 4.78 is 2.10. The number of carbonyl (C=O) groups is 1. The molecule has 6 heteroatoms. The maximum atomic E-state index is 12.4. The van der Waals surface area contributed by atoms with E-state index in [1.165, 1.54) is 11.1 Å². The van der Waals surface area contributed by atoms with Crippen LogP contribution in [0.15, 0.2) is 84.0 Å². The Kier molecular flexibility index (Phi) is 7.80. The van der Waals surface area contributed by atoms with Gasteiger partial charge in [0.25, 0.3) is 0 Å². The van der Waals surface area contributed by atoms with Crippen molar-refractivity contribution >= 4 is 17.7 Å². The van der Waals surface area contributed by atoms with E-state index in [1.807, 2.05) is 37.3 Å². The number of rotatable bonds is 9. The zero-order valence-electron chi connectivity index (χ0n) is 19.9. The minimum absolute atomic E-state index is 0.00283. The molecule has 0 bridgehead atoms. The van der Waals surface area contributed by atoms with Gasteiger partial charge in [0.1, 0.15) is 0 Å². The Balaban J connectivity index is 1.42. The summed E-state index contributed by atoms with van der Waals surface area (Å²) in [6.45, 7) is 6.17. The van der Waals surface area contributed by atoms with Gasteiger partial charge < -0.3 is 5.32 Å². The molecule has 0 aliphatic heterocycles. The van der Waals surface area contributed by atoms with Crippen LogP contribution < -0.4 is 5.32 Å². The van der Waals surface area contributed by atoms with Gasteiger partial charge in [-0.3, -0.25) is 9.36 Å². The maximum Gasteiger partial charge on any atom is 0.220 e. The molecule has 174 valence electrons. The van der Waals surface area contributed by atoms with Crippen LogP contribution in [0, 0.1) is 13.8 Å². The van der Waals surface area contributed by atoms with E-state index in [0.717, 1.165) is 40.0 Å². The van der Waals surface area contributed by atoms with E-state index in [4.69, 9.17) is 0 Å².